The molecule has 0 bridgehead atoms. The molecule has 6 heteroatoms. The van der Waals surface area contributed by atoms with Gasteiger partial charge in [0, 0.05) is 18.7 Å². The Labute approximate surface area is 152 Å². The Bertz CT molecular complexity index is 804. The molecule has 0 aliphatic heterocycles. The molecule has 2 aromatic rings. The zero-order valence-electron chi connectivity index (χ0n) is 14.6. The van der Waals surface area contributed by atoms with Gasteiger partial charge in [-0.1, -0.05) is 24.3 Å². The van der Waals surface area contributed by atoms with Gasteiger partial charge in [-0.25, -0.2) is 0 Å². The van der Waals surface area contributed by atoms with Crippen LogP contribution in [-0.4, -0.2) is 36.2 Å². The number of rotatable bonds is 4. The smallest absolute Gasteiger partial charge is 0.313 e. The second-order valence-electron chi connectivity index (χ2n) is 6.54. The summed E-state index contributed by atoms with van der Waals surface area (Å²) in [6.45, 7) is 0.0379. The molecule has 2 aromatic carbocycles. The normalized spacial score (nSPS) is 18.5. The summed E-state index contributed by atoms with van der Waals surface area (Å²) in [7, 11) is 1.55. The molecule has 0 fully saturated rings. The molecule has 1 atom stereocenters. The van der Waals surface area contributed by atoms with Crippen LogP contribution < -0.4 is 15.4 Å². The second kappa shape index (κ2) is 7.58. The number of benzene rings is 2. The fourth-order valence-corrected chi connectivity index (χ4v) is 3.12. The lowest BCUT2D eigenvalue weighted by Crippen LogP contribution is -2.49. The van der Waals surface area contributed by atoms with Gasteiger partial charge in [0.1, 0.15) is 5.75 Å². The summed E-state index contributed by atoms with van der Waals surface area (Å²) >= 11 is 0. The highest BCUT2D eigenvalue weighted by Gasteiger charge is 2.32. The highest BCUT2D eigenvalue weighted by molar-refractivity contribution is 6.39. The topological polar surface area (TPSA) is 87.7 Å². The molecule has 0 heterocycles. The zero-order valence-corrected chi connectivity index (χ0v) is 14.6. The van der Waals surface area contributed by atoms with Gasteiger partial charge in [0.15, 0.2) is 0 Å². The van der Waals surface area contributed by atoms with Gasteiger partial charge in [0.2, 0.25) is 0 Å². The van der Waals surface area contributed by atoms with Crippen molar-refractivity contribution in [3.8, 4) is 5.75 Å². The third-order valence-electron chi connectivity index (χ3n) is 4.63. The Kier molecular flexibility index (Phi) is 5.23. The number of nitrogens with one attached hydrogen (secondary N) is 2. The lowest BCUT2D eigenvalue weighted by atomic mass is 9.80. The maximum absolute atomic E-state index is 12.0. The third kappa shape index (κ3) is 4.21. The number of aliphatic hydroxyl groups is 1. The first-order valence-corrected chi connectivity index (χ1v) is 8.51. The van der Waals surface area contributed by atoms with Crippen molar-refractivity contribution in [2.75, 3.05) is 19.0 Å². The average Bonchev–Trinajstić information content (AvgIpc) is 2.66. The van der Waals surface area contributed by atoms with E-state index in [1.165, 1.54) is 5.56 Å². The first-order chi connectivity index (χ1) is 12.5. The maximum Gasteiger partial charge on any atom is 0.313 e. The number of methoxy groups -OCH3 is 1. The van der Waals surface area contributed by atoms with Gasteiger partial charge in [-0.05, 0) is 48.2 Å². The lowest BCUT2D eigenvalue weighted by Gasteiger charge is -2.33. The molecule has 0 spiro atoms. The number of anilines is 1. The van der Waals surface area contributed by atoms with E-state index in [2.05, 4.69) is 16.7 Å². The highest BCUT2D eigenvalue weighted by atomic mass is 16.5. The number of amides is 2. The summed E-state index contributed by atoms with van der Waals surface area (Å²) in [4.78, 5) is 24.0. The van der Waals surface area contributed by atoms with Crippen LogP contribution in [0, 0.1) is 0 Å². The number of hydrogen-bond donors (Lipinski definition) is 3. The summed E-state index contributed by atoms with van der Waals surface area (Å²) in [5, 5.41) is 15.8. The minimum Gasteiger partial charge on any atom is -0.497 e. The predicted octanol–water partition coefficient (Wildman–Crippen LogP) is 1.67. The van der Waals surface area contributed by atoms with Crippen LogP contribution in [0.25, 0.3) is 0 Å². The van der Waals surface area contributed by atoms with E-state index >= 15 is 0 Å². The van der Waals surface area contributed by atoms with E-state index in [4.69, 9.17) is 4.74 Å². The first kappa shape index (κ1) is 17.9. The highest BCUT2D eigenvalue weighted by Crippen LogP contribution is 2.28. The summed E-state index contributed by atoms with van der Waals surface area (Å²) in [6.07, 6.45) is 1.76. The Morgan fingerprint density at radius 3 is 2.46 bits per heavy atom. The third-order valence-corrected chi connectivity index (χ3v) is 4.63. The van der Waals surface area contributed by atoms with Gasteiger partial charge in [-0.2, -0.15) is 0 Å². The van der Waals surface area contributed by atoms with Crippen LogP contribution in [0.1, 0.15) is 17.5 Å². The van der Waals surface area contributed by atoms with E-state index in [1.54, 1.807) is 31.4 Å². The monoisotopic (exact) mass is 354 g/mol. The van der Waals surface area contributed by atoms with Crippen molar-refractivity contribution in [2.45, 2.75) is 24.9 Å². The average molecular weight is 354 g/mol. The molecule has 26 heavy (non-hydrogen) atoms. The van der Waals surface area contributed by atoms with Gasteiger partial charge in [0.25, 0.3) is 0 Å². The Hall–Kier alpha value is -2.86. The molecule has 3 N–H and O–H groups in total. The van der Waals surface area contributed by atoms with Crippen LogP contribution in [0.15, 0.2) is 48.5 Å². The largest absolute Gasteiger partial charge is 0.497 e. The number of ether oxygens (including phenoxy) is 1. The van der Waals surface area contributed by atoms with Gasteiger partial charge < -0.3 is 20.5 Å². The number of fused-ring (bicyclic) bond motifs is 1. The number of hydrogen-bond acceptors (Lipinski definition) is 4. The van der Waals surface area contributed by atoms with E-state index in [-0.39, 0.29) is 6.54 Å². The molecule has 6 nitrogen and oxygen atoms in total. The van der Waals surface area contributed by atoms with Crippen LogP contribution >= 0.6 is 0 Å². The van der Waals surface area contributed by atoms with E-state index in [0.29, 0.717) is 24.3 Å². The molecule has 3 rings (SSSR count). The van der Waals surface area contributed by atoms with Crippen LogP contribution in [0.2, 0.25) is 0 Å². The fourth-order valence-electron chi connectivity index (χ4n) is 3.12. The van der Waals surface area contributed by atoms with Gasteiger partial charge >= 0.3 is 11.8 Å². The van der Waals surface area contributed by atoms with Gasteiger partial charge in [-0.3, -0.25) is 9.59 Å². The molecule has 136 valence electrons. The molecule has 1 aliphatic rings. The van der Waals surface area contributed by atoms with Crippen molar-refractivity contribution in [3.05, 3.63) is 59.7 Å². The fraction of sp³-hybridized carbons (Fsp3) is 0.300. The lowest BCUT2D eigenvalue weighted by molar-refractivity contribution is -0.136. The van der Waals surface area contributed by atoms with Gasteiger partial charge in [-0.15, -0.1) is 0 Å². The number of aryl methyl sites for hydroxylation is 1. The van der Waals surface area contributed by atoms with Crippen molar-refractivity contribution < 1.29 is 19.4 Å². The molecule has 0 radical (unpaired) electrons. The quantitative estimate of drug-likeness (QED) is 0.729. The summed E-state index contributed by atoms with van der Waals surface area (Å²) < 4.78 is 5.04. The Morgan fingerprint density at radius 2 is 1.77 bits per heavy atom. The number of carbonyl (C=O) groups is 2. The van der Waals surface area contributed by atoms with E-state index < -0.39 is 17.4 Å². The van der Waals surface area contributed by atoms with E-state index in [9.17, 15) is 14.7 Å². The van der Waals surface area contributed by atoms with Crippen molar-refractivity contribution in [2.24, 2.45) is 0 Å². The second-order valence-corrected chi connectivity index (χ2v) is 6.54. The number of carbonyl (C=O) groups excluding carboxylic acids is 2. The van der Waals surface area contributed by atoms with Crippen LogP contribution in [-0.2, 0) is 22.4 Å². The maximum atomic E-state index is 12.0. The van der Waals surface area contributed by atoms with Crippen molar-refractivity contribution in [1.82, 2.24) is 5.32 Å². The molecule has 0 aromatic heterocycles. The minimum absolute atomic E-state index is 0.0379. The molecule has 1 aliphatic carbocycles. The molecule has 0 saturated heterocycles. The standard InChI is InChI=1S/C20H22N2O4/c1-26-17-8-6-16(7-9-17)22-19(24)18(23)21-13-20(25)11-10-14-4-2-3-5-15(14)12-20/h2-9,25H,10-13H2,1H3,(H,21,23)(H,22,24)/t20-/m1/s1. The molecular weight excluding hydrogens is 332 g/mol. The van der Waals surface area contributed by atoms with Crippen LogP contribution in [0.5, 0.6) is 5.75 Å². The molecule has 0 unspecified atom stereocenters. The SMILES string of the molecule is COc1ccc(NC(=O)C(=O)NC[C@@]2(O)CCc3ccccc3C2)cc1. The zero-order chi connectivity index (χ0) is 18.6. The Morgan fingerprint density at radius 1 is 1.08 bits per heavy atom. The first-order valence-electron chi connectivity index (χ1n) is 8.51. The summed E-state index contributed by atoms with van der Waals surface area (Å²) in [6, 6.07) is 14.6. The van der Waals surface area contributed by atoms with E-state index in [1.807, 2.05) is 18.2 Å². The summed E-state index contributed by atoms with van der Waals surface area (Å²) in [5.74, 6) is -0.879. The summed E-state index contributed by atoms with van der Waals surface area (Å²) in [5.41, 5.74) is 1.76. The minimum atomic E-state index is -1.04. The van der Waals surface area contributed by atoms with E-state index in [0.717, 1.165) is 12.0 Å². The van der Waals surface area contributed by atoms with Gasteiger partial charge in [0.05, 0.1) is 12.7 Å². The van der Waals surface area contributed by atoms with Crippen molar-refractivity contribution >= 4 is 17.5 Å². The van der Waals surface area contributed by atoms with Crippen LogP contribution in [0.3, 0.4) is 0 Å². The molecule has 0 saturated carbocycles. The predicted molar refractivity (Wildman–Crippen MR) is 98.1 cm³/mol. The van der Waals surface area contributed by atoms with Crippen molar-refractivity contribution in [1.29, 1.82) is 0 Å². The van der Waals surface area contributed by atoms with Crippen molar-refractivity contribution in [3.63, 3.8) is 0 Å². The van der Waals surface area contributed by atoms with Crippen LogP contribution in [0.4, 0.5) is 5.69 Å². The molecule has 2 amide bonds. The molecular formula is C20H22N2O4. The Balaban J connectivity index is 1.54.